The molecule has 4 nitrogen and oxygen atoms in total. The maximum absolute atomic E-state index is 10.3. The molecule has 152 valence electrons. The Hall–Kier alpha value is -0.0775. The predicted molar refractivity (Wildman–Crippen MR) is 111 cm³/mol. The average Bonchev–Trinajstić information content (AvgIpc) is 2.58. The highest BCUT2D eigenvalue weighted by Gasteiger charge is 1.97. The average molecular weight is 377 g/mol. The summed E-state index contributed by atoms with van der Waals surface area (Å²) in [6.45, 7) is 2.02. The smallest absolute Gasteiger partial charge is 0.303 e. The van der Waals surface area contributed by atoms with Gasteiger partial charge in [0.15, 0.2) is 17.4 Å². The summed E-state index contributed by atoms with van der Waals surface area (Å²) < 4.78 is 0. The first-order chi connectivity index (χ1) is 11.7. The highest BCUT2D eigenvalue weighted by molar-refractivity contribution is 5.75. The van der Waals surface area contributed by atoms with Crippen molar-refractivity contribution in [2.75, 3.05) is 13.2 Å². The summed E-state index contributed by atoms with van der Waals surface area (Å²) in [6.07, 6.45) is 20.2. The van der Waals surface area contributed by atoms with Crippen LogP contribution in [0.25, 0.3) is 0 Å². The van der Waals surface area contributed by atoms with Gasteiger partial charge in [0.05, 0.1) is 13.2 Å². The second kappa shape index (κ2) is 28.7. The zero-order valence-electron chi connectivity index (χ0n) is 16.0. The van der Waals surface area contributed by atoms with Crippen LogP contribution in [0, 0.1) is 0 Å². The van der Waals surface area contributed by atoms with Crippen LogP contribution in [0.1, 0.15) is 110 Å². The van der Waals surface area contributed by atoms with Crippen LogP contribution in [0.5, 0.6) is 0 Å². The van der Waals surface area contributed by atoms with Crippen molar-refractivity contribution >= 4 is 23.3 Å². The van der Waals surface area contributed by atoms with E-state index in [1.54, 1.807) is 0 Å². The van der Waals surface area contributed by atoms with Crippen LogP contribution in [0.3, 0.4) is 0 Å². The molecule has 0 rings (SSSR count). The lowest BCUT2D eigenvalue weighted by atomic mass is 10.0. The number of aliphatic hydroxyl groups is 2. The van der Waals surface area contributed by atoms with Gasteiger partial charge in [-0.15, -0.1) is 0 Å². The van der Waals surface area contributed by atoms with Crippen LogP contribution >= 0.6 is 0 Å². The monoisotopic (exact) mass is 376 g/mol. The van der Waals surface area contributed by atoms with E-state index in [-0.39, 0.29) is 30.6 Å². The Morgan fingerprint density at radius 2 is 0.880 bits per heavy atom. The fourth-order valence-corrected chi connectivity index (χ4v) is 2.65. The molecule has 0 atom stereocenters. The van der Waals surface area contributed by atoms with Crippen molar-refractivity contribution in [2.24, 2.45) is 0 Å². The fourth-order valence-electron chi connectivity index (χ4n) is 2.65. The minimum absolute atomic E-state index is 0. The lowest BCUT2D eigenvalue weighted by molar-refractivity contribution is -0.137. The summed E-state index contributed by atoms with van der Waals surface area (Å²) >= 11 is 0. The number of unbranched alkanes of at least 4 members (excludes halogenated alkanes) is 14. The van der Waals surface area contributed by atoms with Crippen molar-refractivity contribution in [3.05, 3.63) is 0 Å². The molecule has 0 spiro atoms. The Balaban J connectivity index is -0.000000867. The second-order valence-electron chi connectivity index (χ2n) is 6.54. The normalized spacial score (nSPS) is 9.88. The number of hydrogen-bond donors (Lipinski definition) is 3. The van der Waals surface area contributed by atoms with Gasteiger partial charge < -0.3 is 15.3 Å². The first-order valence-corrected chi connectivity index (χ1v) is 10.1. The molecule has 0 aliphatic heterocycles. The Labute approximate surface area is 166 Å². The molecule has 5 heteroatoms. The molecule has 0 fully saturated rings. The highest BCUT2D eigenvalue weighted by Crippen LogP contribution is 2.13. The number of aliphatic hydroxyl groups excluding tert-OH is 2. The predicted octanol–water partition coefficient (Wildman–Crippen LogP) is 4.12. The Morgan fingerprint density at radius 1 is 0.600 bits per heavy atom. The summed E-state index contributed by atoms with van der Waals surface area (Å²) in [5, 5.41) is 23.8. The van der Waals surface area contributed by atoms with Crippen molar-refractivity contribution < 1.29 is 20.1 Å². The lowest BCUT2D eigenvalue weighted by Crippen LogP contribution is -1.93. The molecular formula is C20H45AlO4. The van der Waals surface area contributed by atoms with E-state index < -0.39 is 5.97 Å². The third-order valence-corrected chi connectivity index (χ3v) is 4.09. The molecule has 0 unspecified atom stereocenters. The largest absolute Gasteiger partial charge is 0.481 e. The zero-order chi connectivity index (χ0) is 18.3. The van der Waals surface area contributed by atoms with Crippen molar-refractivity contribution in [3.63, 3.8) is 0 Å². The van der Waals surface area contributed by atoms with E-state index in [9.17, 15) is 4.79 Å². The summed E-state index contributed by atoms with van der Waals surface area (Å²) in [4.78, 5) is 10.3. The van der Waals surface area contributed by atoms with Gasteiger partial charge in [-0.05, 0) is 6.42 Å². The van der Waals surface area contributed by atoms with Crippen molar-refractivity contribution in [1.82, 2.24) is 0 Å². The van der Waals surface area contributed by atoms with Gasteiger partial charge in [0, 0.05) is 6.42 Å². The van der Waals surface area contributed by atoms with Crippen LogP contribution in [0.15, 0.2) is 0 Å². The summed E-state index contributed by atoms with van der Waals surface area (Å²) in [5.74, 6) is -0.653. The molecule has 0 aromatic rings. The van der Waals surface area contributed by atoms with Gasteiger partial charge in [-0.2, -0.15) is 0 Å². The third-order valence-electron chi connectivity index (χ3n) is 4.09. The summed E-state index contributed by atoms with van der Waals surface area (Å²) in [5.41, 5.74) is 0. The zero-order valence-corrected chi connectivity index (χ0v) is 16.0. The molecule has 0 saturated heterocycles. The van der Waals surface area contributed by atoms with E-state index in [2.05, 4.69) is 6.92 Å². The molecule has 0 heterocycles. The number of carbonyl (C=O) groups is 1. The van der Waals surface area contributed by atoms with Crippen molar-refractivity contribution in [3.8, 4) is 0 Å². The van der Waals surface area contributed by atoms with Crippen LogP contribution in [0.4, 0.5) is 0 Å². The quantitative estimate of drug-likeness (QED) is 0.264. The number of carboxylic acid groups (broad SMARTS) is 1. The number of rotatable bonds is 17. The SMILES string of the molecule is CCCCCCCCCCCCCCCCCC(=O)O.OCCO.[AlH3]. The van der Waals surface area contributed by atoms with Gasteiger partial charge in [-0.25, -0.2) is 0 Å². The van der Waals surface area contributed by atoms with Gasteiger partial charge in [0.1, 0.15) is 0 Å². The van der Waals surface area contributed by atoms with E-state index in [0.29, 0.717) is 6.42 Å². The van der Waals surface area contributed by atoms with E-state index >= 15 is 0 Å². The van der Waals surface area contributed by atoms with Crippen LogP contribution in [-0.4, -0.2) is 51.9 Å². The molecule has 0 aliphatic rings. The topological polar surface area (TPSA) is 77.8 Å². The standard InChI is InChI=1S/C18H36O2.C2H6O2.Al.3H/c1-2-3-4-5-6-7-8-9-10-11-12-13-14-15-16-17-18(19)20;3-1-2-4;;;;/h2-17H2,1H3,(H,19,20);3-4H,1-2H2;;;;. The number of hydrogen-bond acceptors (Lipinski definition) is 3. The maximum Gasteiger partial charge on any atom is 0.303 e. The molecule has 0 amide bonds. The molecule has 0 saturated carbocycles. The minimum atomic E-state index is -0.653. The second-order valence-corrected chi connectivity index (χ2v) is 6.54. The Morgan fingerprint density at radius 3 is 1.12 bits per heavy atom. The van der Waals surface area contributed by atoms with Crippen LogP contribution in [-0.2, 0) is 4.79 Å². The van der Waals surface area contributed by atoms with Crippen LogP contribution < -0.4 is 0 Å². The van der Waals surface area contributed by atoms with Crippen molar-refractivity contribution in [1.29, 1.82) is 0 Å². The fraction of sp³-hybridized carbons (Fsp3) is 0.950. The molecule has 3 N–H and O–H groups in total. The van der Waals surface area contributed by atoms with Gasteiger partial charge >= 0.3 is 5.97 Å². The molecule has 0 bridgehead atoms. The molecular weight excluding hydrogens is 331 g/mol. The van der Waals surface area contributed by atoms with Gasteiger partial charge in [-0.3, -0.25) is 4.79 Å². The molecule has 25 heavy (non-hydrogen) atoms. The van der Waals surface area contributed by atoms with Gasteiger partial charge in [0.2, 0.25) is 0 Å². The summed E-state index contributed by atoms with van der Waals surface area (Å²) in [6, 6.07) is 0. The minimum Gasteiger partial charge on any atom is -0.481 e. The lowest BCUT2D eigenvalue weighted by Gasteiger charge is -2.03. The van der Waals surface area contributed by atoms with Gasteiger partial charge in [0.25, 0.3) is 0 Å². The molecule has 0 aromatic heterocycles. The van der Waals surface area contributed by atoms with E-state index in [0.717, 1.165) is 12.8 Å². The Bertz CT molecular complexity index is 236. The maximum atomic E-state index is 10.3. The van der Waals surface area contributed by atoms with Crippen molar-refractivity contribution in [2.45, 2.75) is 110 Å². The van der Waals surface area contributed by atoms with E-state index in [1.807, 2.05) is 0 Å². The van der Waals surface area contributed by atoms with E-state index in [4.69, 9.17) is 15.3 Å². The Kier molecular flexibility index (Phi) is 34.1. The number of aliphatic carboxylic acids is 1. The van der Waals surface area contributed by atoms with E-state index in [1.165, 1.54) is 83.5 Å². The third kappa shape index (κ3) is 35.8. The first-order valence-electron chi connectivity index (χ1n) is 10.1. The molecule has 0 radical (unpaired) electrons. The first kappa shape index (κ1) is 29.7. The highest BCUT2D eigenvalue weighted by atomic mass is 27.0. The molecule has 0 aromatic carbocycles. The summed E-state index contributed by atoms with van der Waals surface area (Å²) in [7, 11) is 0. The van der Waals surface area contributed by atoms with Crippen LogP contribution in [0.2, 0.25) is 0 Å². The molecule has 0 aliphatic carbocycles. The number of carboxylic acids is 1. The van der Waals surface area contributed by atoms with Gasteiger partial charge in [-0.1, -0.05) is 96.8 Å².